The Kier molecular flexibility index (Phi) is 14.1. The number of fused-ring (bicyclic) bond motifs is 5. The fourth-order valence-corrected chi connectivity index (χ4v) is 16.5. The number of carbonyl (C=O) groups excluding carboxylic acids is 3. The molecule has 1 aromatic carbocycles. The van der Waals surface area contributed by atoms with Gasteiger partial charge in [-0.15, -0.1) is 0 Å². The zero-order valence-corrected chi connectivity index (χ0v) is 40.8. The summed E-state index contributed by atoms with van der Waals surface area (Å²) in [7, 11) is 5.20. The molecule has 4 aliphatic heterocycles. The number of amides is 1. The number of nitrogens with zero attached hydrogens (tertiary/aromatic N) is 1. The van der Waals surface area contributed by atoms with E-state index in [0.29, 0.717) is 60.5 Å². The van der Waals surface area contributed by atoms with Crippen LogP contribution in [-0.4, -0.2) is 124 Å². The largest absolute Gasteiger partial charge is 0.481 e. The molecule has 9 rings (SSSR count). The van der Waals surface area contributed by atoms with Crippen LogP contribution in [0, 0.1) is 29.6 Å². The quantitative estimate of drug-likeness (QED) is 0.0399. The molecule has 368 valence electrons. The van der Waals surface area contributed by atoms with Gasteiger partial charge in [0.25, 0.3) is 0 Å². The van der Waals surface area contributed by atoms with E-state index >= 15 is 0 Å². The lowest BCUT2D eigenvalue weighted by atomic mass is 9.57. The van der Waals surface area contributed by atoms with E-state index in [0.717, 1.165) is 47.8 Å². The number of hydrogen-bond donors (Lipinski definition) is 7. The van der Waals surface area contributed by atoms with Gasteiger partial charge in [0.2, 0.25) is 5.91 Å². The number of benzene rings is 1. The predicted molar refractivity (Wildman–Crippen MR) is 260 cm³/mol. The summed E-state index contributed by atoms with van der Waals surface area (Å²) in [5, 5.41) is 49.5. The van der Waals surface area contributed by atoms with Crippen LogP contribution in [0.3, 0.4) is 0 Å². The highest BCUT2D eigenvalue weighted by atomic mass is 33.1. The molecule has 17 heteroatoms. The second-order valence-corrected chi connectivity index (χ2v) is 22.7. The average molecular weight is 975 g/mol. The van der Waals surface area contributed by atoms with E-state index in [1.54, 1.807) is 47.6 Å². The lowest BCUT2D eigenvalue weighted by Gasteiger charge is -2.59. The zero-order valence-electron chi connectivity index (χ0n) is 39.2. The molecule has 0 radical (unpaired) electrons. The number of nitrogens with one attached hydrogen (secondary N) is 2. The topological polar surface area (TPSA) is 234 Å². The Morgan fingerprint density at radius 3 is 2.62 bits per heavy atom. The normalized spacial score (nSPS) is 32.7. The van der Waals surface area contributed by atoms with E-state index in [1.165, 1.54) is 0 Å². The summed E-state index contributed by atoms with van der Waals surface area (Å²) in [6.07, 6.45) is 11.9. The first kappa shape index (κ1) is 48.9. The second-order valence-electron chi connectivity index (χ2n) is 20.1. The van der Waals surface area contributed by atoms with Gasteiger partial charge in [-0.25, -0.2) is 9.59 Å². The maximum absolute atomic E-state index is 14.7. The van der Waals surface area contributed by atoms with Crippen LogP contribution >= 0.6 is 21.6 Å². The van der Waals surface area contributed by atoms with Gasteiger partial charge in [0.1, 0.15) is 17.6 Å². The number of ether oxygens (including phenoxy) is 2. The van der Waals surface area contributed by atoms with Gasteiger partial charge in [0.15, 0.2) is 11.2 Å². The average Bonchev–Trinajstić information content (AvgIpc) is 3.69. The predicted octanol–water partition coefficient (Wildman–Crippen LogP) is 3.94. The molecule has 1 saturated heterocycles. The summed E-state index contributed by atoms with van der Waals surface area (Å²) < 4.78 is 20.4. The highest BCUT2D eigenvalue weighted by Gasteiger charge is 2.67. The Labute approximate surface area is 404 Å². The number of allylic oxidation sites excluding steroid dienone is 2. The smallest absolute Gasteiger partial charge is 0.340 e. The Hall–Kier alpha value is -4.10. The van der Waals surface area contributed by atoms with Crippen LogP contribution in [0.5, 0.6) is 5.75 Å². The van der Waals surface area contributed by atoms with Gasteiger partial charge in [-0.05, 0) is 87.4 Å². The van der Waals surface area contributed by atoms with Crippen LogP contribution in [0.25, 0.3) is 11.0 Å². The third kappa shape index (κ3) is 8.05. The number of dihydropyridines is 1. The van der Waals surface area contributed by atoms with Gasteiger partial charge < -0.3 is 60.4 Å². The Morgan fingerprint density at radius 2 is 1.93 bits per heavy atom. The lowest BCUT2D eigenvalue weighted by Crippen LogP contribution is -2.71. The van der Waals surface area contributed by atoms with Gasteiger partial charge in [0.05, 0.1) is 30.8 Å². The van der Waals surface area contributed by atoms with E-state index in [-0.39, 0.29) is 97.8 Å². The highest BCUT2D eigenvalue weighted by Crippen LogP contribution is 2.60. The zero-order chi connectivity index (χ0) is 48.1. The van der Waals surface area contributed by atoms with Crippen LogP contribution in [0.1, 0.15) is 82.8 Å². The number of nitrogens with two attached hydrogens (primary N) is 1. The molecule has 15 nitrogen and oxygen atoms in total. The molecule has 5 heterocycles. The highest BCUT2D eigenvalue weighted by molar-refractivity contribution is 8.77. The molecule has 2 aromatic rings. The number of aliphatic hydroxyl groups excluding tert-OH is 4. The van der Waals surface area contributed by atoms with Crippen LogP contribution in [0.2, 0.25) is 0 Å². The summed E-state index contributed by atoms with van der Waals surface area (Å²) in [6, 6.07) is 5.46. The number of hydrogen-bond acceptors (Lipinski definition) is 16. The lowest BCUT2D eigenvalue weighted by molar-refractivity contribution is -0.202. The summed E-state index contributed by atoms with van der Waals surface area (Å²) >= 11 is 0. The van der Waals surface area contributed by atoms with E-state index in [9.17, 15) is 39.6 Å². The minimum atomic E-state index is -1.60. The molecule has 0 unspecified atom stereocenters. The molecular weight excluding hydrogens is 909 g/mol. The number of aliphatic hydroxyl groups is 4. The van der Waals surface area contributed by atoms with Gasteiger partial charge in [-0.1, -0.05) is 58.6 Å². The van der Waals surface area contributed by atoms with E-state index < -0.39 is 46.7 Å². The molecule has 0 bridgehead atoms. The van der Waals surface area contributed by atoms with Gasteiger partial charge >= 0.3 is 11.6 Å². The molecule has 7 aliphatic rings. The summed E-state index contributed by atoms with van der Waals surface area (Å²) in [6.45, 7) is 3.31. The molecule has 68 heavy (non-hydrogen) atoms. The summed E-state index contributed by atoms with van der Waals surface area (Å²) in [5.74, 6) is -1.35. The SMILES string of the molecule is C/C=C(\CCO)C(=O)O[C@]1(C)[C@H](CO)C=C2CSS[C@@H]3C[C@H](C=O)[C@H](NC)[C@H]4CN(C(=O)CC5=C(C=C(N)NC5)[C@H]2[C@]12Cc1cc5cc(C6([C@H](CO)CCO)CCCCC6)c(=O)oc5cc1O2)[C@H]43. The van der Waals surface area contributed by atoms with Crippen molar-refractivity contribution < 1.29 is 48.7 Å². The van der Waals surface area contributed by atoms with Crippen molar-refractivity contribution in [2.75, 3.05) is 52.3 Å². The Balaban J connectivity index is 1.22. The van der Waals surface area contributed by atoms with Gasteiger partial charge in [-0.3, -0.25) is 4.79 Å². The monoisotopic (exact) mass is 974 g/mol. The van der Waals surface area contributed by atoms with Gasteiger partial charge in [-0.2, -0.15) is 0 Å². The molecule has 10 atom stereocenters. The number of aldehydes is 1. The van der Waals surface area contributed by atoms with Gasteiger partial charge in [0, 0.05) is 109 Å². The Morgan fingerprint density at radius 1 is 1.13 bits per heavy atom. The number of rotatable bonds is 12. The molecule has 1 spiro atoms. The standard InChI is InChI=1S/C51H66N4O11S2/c1-4-28(8-12-56)47(62)66-49(2)35(26-60)15-33-27-67-68-41-17-32(24-58)45(53-3)37-23-55(46(37)41)43(61)18-31-22-54-42(52)19-36(31)44(33)51(49)21-30-14-29-16-38(48(63)64-39(29)20-40(30)65-51)50(10-6-5-7-11-50)34(25-59)9-13-57/h4,14-16,19-20,24,32,34-35,37,41,44-46,53-54,56-57,59-60H,5-13,17-18,21-23,25-27,52H2,1-3H3/b28-4+/t32-,34+,35+,37-,41-,44+,45+,46-,49-,51-/m1/s1. The summed E-state index contributed by atoms with van der Waals surface area (Å²) in [5.41, 5.74) is 6.61. The number of carbonyl (C=O) groups is 3. The molecule has 8 N–H and O–H groups in total. The van der Waals surface area contributed by atoms with Crippen LogP contribution in [-0.2, 0) is 31.0 Å². The van der Waals surface area contributed by atoms with E-state index in [2.05, 4.69) is 10.6 Å². The van der Waals surface area contributed by atoms with Crippen molar-refractivity contribution in [2.45, 2.75) is 112 Å². The van der Waals surface area contributed by atoms with Crippen LogP contribution in [0.15, 0.2) is 73.8 Å². The molecule has 3 fully saturated rings. The first-order valence-electron chi connectivity index (χ1n) is 24.3. The van der Waals surface area contributed by atoms with Crippen molar-refractivity contribution in [1.82, 2.24) is 15.5 Å². The molecule has 1 amide bonds. The fourth-order valence-electron chi connectivity index (χ4n) is 13.3. The fraction of sp³-hybridized carbons (Fsp3) is 0.608. The molecular formula is C51H66N4O11S2. The van der Waals surface area contributed by atoms with Crippen molar-refractivity contribution in [3.8, 4) is 5.75 Å². The van der Waals surface area contributed by atoms with E-state index in [4.69, 9.17) is 19.6 Å². The minimum Gasteiger partial charge on any atom is -0.481 e. The minimum absolute atomic E-state index is 0.0133. The maximum atomic E-state index is 14.7. The van der Waals surface area contributed by atoms with Crippen molar-refractivity contribution in [1.29, 1.82) is 0 Å². The van der Waals surface area contributed by atoms with Crippen LogP contribution < -0.4 is 26.7 Å². The first-order chi connectivity index (χ1) is 32.8. The van der Waals surface area contributed by atoms with Crippen molar-refractivity contribution in [3.63, 3.8) is 0 Å². The first-order valence-corrected chi connectivity index (χ1v) is 26.7. The third-order valence-electron chi connectivity index (χ3n) is 16.9. The molecule has 3 aliphatic carbocycles. The Bertz CT molecular complexity index is 2500. The van der Waals surface area contributed by atoms with Crippen molar-refractivity contribution >= 4 is 50.7 Å². The van der Waals surface area contributed by atoms with E-state index in [1.807, 2.05) is 36.2 Å². The van der Waals surface area contributed by atoms with Crippen molar-refractivity contribution in [2.24, 2.45) is 35.3 Å². The second kappa shape index (κ2) is 19.6. The molecule has 2 saturated carbocycles. The van der Waals surface area contributed by atoms with Crippen molar-refractivity contribution in [3.05, 3.63) is 86.1 Å². The maximum Gasteiger partial charge on any atom is 0.340 e. The molecule has 1 aromatic heterocycles. The number of esters is 1. The van der Waals surface area contributed by atoms with Crippen LogP contribution in [0.4, 0.5) is 0 Å². The third-order valence-corrected chi connectivity index (χ3v) is 19.7. The summed E-state index contributed by atoms with van der Waals surface area (Å²) in [4.78, 5) is 57.8.